The van der Waals surface area contributed by atoms with Gasteiger partial charge >= 0.3 is 5.97 Å². The van der Waals surface area contributed by atoms with Crippen LogP contribution in [0.15, 0.2) is 0 Å². The molecule has 0 heterocycles. The number of carboxylic acid groups (broad SMARTS) is 1. The molecule has 4 heteroatoms. The van der Waals surface area contributed by atoms with Crippen LogP contribution in [0.1, 0.15) is 20.3 Å². The lowest BCUT2D eigenvalue weighted by molar-refractivity contribution is -0.149. The van der Waals surface area contributed by atoms with E-state index in [0.717, 1.165) is 0 Å². The predicted octanol–water partition coefficient (Wildman–Crippen LogP) is 0.218. The lowest BCUT2D eigenvalue weighted by Crippen LogP contribution is -2.47. The number of hydroxylamine groups is 1. The summed E-state index contributed by atoms with van der Waals surface area (Å²) in [7, 11) is 0. The molecule has 9 heavy (non-hydrogen) atoms. The Labute approximate surface area is 53.5 Å². The van der Waals surface area contributed by atoms with Crippen LogP contribution in [0, 0.1) is 0 Å². The van der Waals surface area contributed by atoms with Gasteiger partial charge < -0.3 is 10.3 Å². The molecule has 0 radical (unpaired) electrons. The maximum Gasteiger partial charge on any atom is 0.325 e. The van der Waals surface area contributed by atoms with Crippen LogP contribution in [0.5, 0.6) is 0 Å². The summed E-state index contributed by atoms with van der Waals surface area (Å²) in [5.74, 6) is -1.05. The minimum Gasteiger partial charge on any atom is -0.480 e. The molecule has 0 saturated heterocycles. The van der Waals surface area contributed by atoms with Crippen molar-refractivity contribution in [3.05, 3.63) is 0 Å². The summed E-state index contributed by atoms with van der Waals surface area (Å²) >= 11 is 0. The Morgan fingerprint density at radius 2 is 2.22 bits per heavy atom. The summed E-state index contributed by atoms with van der Waals surface area (Å²) in [5.41, 5.74) is 0.534. The van der Waals surface area contributed by atoms with Crippen molar-refractivity contribution in [2.75, 3.05) is 0 Å². The molecule has 0 rings (SSSR count). The first-order valence-electron chi connectivity index (χ1n) is 2.71. The molecule has 0 aliphatic carbocycles. The van der Waals surface area contributed by atoms with Crippen molar-refractivity contribution in [1.82, 2.24) is 5.48 Å². The van der Waals surface area contributed by atoms with Gasteiger partial charge in [-0.15, -0.1) is 0 Å². The van der Waals surface area contributed by atoms with Gasteiger partial charge in [-0.2, -0.15) is 5.48 Å². The molecule has 0 amide bonds. The first-order valence-corrected chi connectivity index (χ1v) is 2.71. The minimum atomic E-state index is -1.19. The summed E-state index contributed by atoms with van der Waals surface area (Å²) in [6.45, 7) is 3.09. The molecular weight excluding hydrogens is 122 g/mol. The second-order valence-electron chi connectivity index (χ2n) is 2.10. The Kier molecular flexibility index (Phi) is 2.61. The molecule has 0 spiro atoms. The lowest BCUT2D eigenvalue weighted by Gasteiger charge is -2.19. The number of nitrogens with one attached hydrogen (secondary N) is 1. The molecule has 0 unspecified atom stereocenters. The van der Waals surface area contributed by atoms with E-state index in [4.69, 9.17) is 10.3 Å². The number of aliphatic carboxylic acids is 1. The molecule has 0 saturated carbocycles. The SMILES string of the molecule is CC[C@@](C)(NO)C(=O)O. The van der Waals surface area contributed by atoms with Gasteiger partial charge in [0.1, 0.15) is 5.54 Å². The second-order valence-corrected chi connectivity index (χ2v) is 2.10. The van der Waals surface area contributed by atoms with Crippen LogP contribution in [0.3, 0.4) is 0 Å². The number of carbonyl (C=O) groups is 1. The van der Waals surface area contributed by atoms with E-state index in [1.807, 2.05) is 0 Å². The summed E-state index contributed by atoms with van der Waals surface area (Å²) in [4.78, 5) is 10.3. The highest BCUT2D eigenvalue weighted by Gasteiger charge is 2.29. The third-order valence-corrected chi connectivity index (χ3v) is 1.43. The van der Waals surface area contributed by atoms with E-state index in [1.54, 1.807) is 12.4 Å². The van der Waals surface area contributed by atoms with Gasteiger partial charge in [-0.05, 0) is 13.3 Å². The van der Waals surface area contributed by atoms with Crippen LogP contribution in [0.25, 0.3) is 0 Å². The van der Waals surface area contributed by atoms with Gasteiger partial charge in [0, 0.05) is 0 Å². The third kappa shape index (κ3) is 1.65. The monoisotopic (exact) mass is 133 g/mol. The number of hydrogen-bond acceptors (Lipinski definition) is 3. The Bertz CT molecular complexity index is 109. The van der Waals surface area contributed by atoms with Gasteiger partial charge in [-0.3, -0.25) is 4.79 Å². The van der Waals surface area contributed by atoms with Crippen LogP contribution in [0.4, 0.5) is 0 Å². The van der Waals surface area contributed by atoms with Crippen molar-refractivity contribution in [3.63, 3.8) is 0 Å². The summed E-state index contributed by atoms with van der Waals surface area (Å²) < 4.78 is 0. The number of hydrogen-bond donors (Lipinski definition) is 3. The highest BCUT2D eigenvalue weighted by molar-refractivity contribution is 5.77. The zero-order valence-electron chi connectivity index (χ0n) is 5.51. The second kappa shape index (κ2) is 2.80. The Hall–Kier alpha value is -0.610. The Morgan fingerprint density at radius 1 is 1.78 bits per heavy atom. The van der Waals surface area contributed by atoms with Crippen LogP contribution in [0.2, 0.25) is 0 Å². The summed E-state index contributed by atoms with van der Waals surface area (Å²) in [6.07, 6.45) is 0.346. The summed E-state index contributed by atoms with van der Waals surface area (Å²) in [5, 5.41) is 16.7. The number of carboxylic acids is 1. The smallest absolute Gasteiger partial charge is 0.325 e. The van der Waals surface area contributed by atoms with Crippen LogP contribution in [-0.4, -0.2) is 21.8 Å². The van der Waals surface area contributed by atoms with E-state index in [2.05, 4.69) is 0 Å². The highest BCUT2D eigenvalue weighted by atomic mass is 16.5. The van der Waals surface area contributed by atoms with Crippen molar-refractivity contribution < 1.29 is 15.1 Å². The molecule has 4 nitrogen and oxygen atoms in total. The van der Waals surface area contributed by atoms with Gasteiger partial charge in [0.15, 0.2) is 0 Å². The predicted molar refractivity (Wildman–Crippen MR) is 31.3 cm³/mol. The normalized spacial score (nSPS) is 16.8. The van der Waals surface area contributed by atoms with E-state index in [9.17, 15) is 4.79 Å². The van der Waals surface area contributed by atoms with Crippen molar-refractivity contribution in [2.45, 2.75) is 25.8 Å². The zero-order valence-corrected chi connectivity index (χ0v) is 5.51. The average molecular weight is 133 g/mol. The molecule has 0 aromatic heterocycles. The molecule has 54 valence electrons. The van der Waals surface area contributed by atoms with Crippen LogP contribution >= 0.6 is 0 Å². The fourth-order valence-corrected chi connectivity index (χ4v) is 0.278. The van der Waals surface area contributed by atoms with E-state index in [-0.39, 0.29) is 0 Å². The zero-order chi connectivity index (χ0) is 7.49. The molecule has 0 aliphatic heterocycles. The maximum atomic E-state index is 10.3. The van der Waals surface area contributed by atoms with Crippen molar-refractivity contribution >= 4 is 5.97 Å². The van der Waals surface area contributed by atoms with Crippen molar-refractivity contribution in [1.29, 1.82) is 0 Å². The van der Waals surface area contributed by atoms with E-state index in [0.29, 0.717) is 6.42 Å². The fourth-order valence-electron chi connectivity index (χ4n) is 0.278. The number of rotatable bonds is 3. The van der Waals surface area contributed by atoms with E-state index in [1.165, 1.54) is 6.92 Å². The molecule has 3 N–H and O–H groups in total. The van der Waals surface area contributed by atoms with Crippen LogP contribution in [-0.2, 0) is 4.79 Å². The quantitative estimate of drug-likeness (QED) is 0.481. The topological polar surface area (TPSA) is 69.6 Å². The lowest BCUT2D eigenvalue weighted by atomic mass is 10.0. The van der Waals surface area contributed by atoms with Gasteiger partial charge in [-0.1, -0.05) is 6.92 Å². The molecule has 0 aromatic carbocycles. The Morgan fingerprint density at radius 3 is 2.22 bits per heavy atom. The molecule has 0 bridgehead atoms. The first kappa shape index (κ1) is 8.39. The standard InChI is InChI=1S/C5H11NO3/c1-3-5(2,6-9)4(7)8/h6,9H,3H2,1-2H3,(H,7,8)/t5-/m1/s1. The maximum absolute atomic E-state index is 10.3. The van der Waals surface area contributed by atoms with Gasteiger partial charge in [0.05, 0.1) is 0 Å². The van der Waals surface area contributed by atoms with Crippen molar-refractivity contribution in [2.24, 2.45) is 0 Å². The largest absolute Gasteiger partial charge is 0.480 e. The molecule has 1 atom stereocenters. The van der Waals surface area contributed by atoms with Gasteiger partial charge in [0.2, 0.25) is 0 Å². The summed E-state index contributed by atoms with van der Waals surface area (Å²) in [6, 6.07) is 0. The van der Waals surface area contributed by atoms with E-state index >= 15 is 0 Å². The average Bonchev–Trinajstić information content (AvgIpc) is 1.86. The molecule has 0 fully saturated rings. The first-order chi connectivity index (χ1) is 4.06. The highest BCUT2D eigenvalue weighted by Crippen LogP contribution is 2.06. The van der Waals surface area contributed by atoms with Crippen LogP contribution < -0.4 is 5.48 Å². The van der Waals surface area contributed by atoms with Crippen molar-refractivity contribution in [3.8, 4) is 0 Å². The van der Waals surface area contributed by atoms with Gasteiger partial charge in [0.25, 0.3) is 0 Å². The fraction of sp³-hybridized carbons (Fsp3) is 0.800. The Balaban J connectivity index is 4.09. The minimum absolute atomic E-state index is 0.346. The molecular formula is C5H11NO3. The molecule has 0 aromatic rings. The third-order valence-electron chi connectivity index (χ3n) is 1.43. The molecule has 0 aliphatic rings. The van der Waals surface area contributed by atoms with Gasteiger partial charge in [-0.25, -0.2) is 0 Å². The van der Waals surface area contributed by atoms with E-state index < -0.39 is 11.5 Å².